The molecular formula is C16H19FN2O2. The summed E-state index contributed by atoms with van der Waals surface area (Å²) in [6, 6.07) is 6.36. The predicted octanol–water partition coefficient (Wildman–Crippen LogP) is 2.70. The molecule has 0 atom stereocenters. The number of Topliss-reactive ketones (excluding diaryl/α,β-unsaturated/α-hetero) is 1. The number of ether oxygens (including phenoxy) is 1. The number of aromatic nitrogens is 2. The minimum atomic E-state index is -0.327. The Morgan fingerprint density at radius 3 is 2.90 bits per heavy atom. The molecule has 1 aromatic heterocycles. The molecule has 0 bridgehead atoms. The first-order chi connectivity index (χ1) is 10.3. The van der Waals surface area contributed by atoms with Crippen LogP contribution in [0.5, 0.6) is 0 Å². The maximum Gasteiger partial charge on any atom is 0.139 e. The van der Waals surface area contributed by atoms with Crippen LogP contribution >= 0.6 is 0 Å². The number of nitrogens with zero attached hydrogens (tertiary/aromatic N) is 1. The quantitative estimate of drug-likeness (QED) is 0.722. The highest BCUT2D eigenvalue weighted by molar-refractivity contribution is 5.80. The van der Waals surface area contributed by atoms with Gasteiger partial charge < -0.3 is 9.72 Å². The molecule has 0 aliphatic heterocycles. The number of carbonyl (C=O) groups excluding carboxylic acids is 1. The summed E-state index contributed by atoms with van der Waals surface area (Å²) in [5, 5.41) is 0. The highest BCUT2D eigenvalue weighted by Gasteiger charge is 2.07. The van der Waals surface area contributed by atoms with Crippen molar-refractivity contribution in [3.8, 4) is 0 Å². The SMILES string of the molecule is O=C(CCOCCCc1cnc[nH]1)Cc1ccccc1F. The molecule has 0 spiro atoms. The van der Waals surface area contributed by atoms with Crippen LogP contribution in [0.2, 0.25) is 0 Å². The summed E-state index contributed by atoms with van der Waals surface area (Å²) in [5.41, 5.74) is 1.52. The minimum Gasteiger partial charge on any atom is -0.381 e. The molecule has 1 aromatic carbocycles. The Labute approximate surface area is 123 Å². The van der Waals surface area contributed by atoms with Crippen molar-refractivity contribution < 1.29 is 13.9 Å². The number of benzene rings is 1. The fraction of sp³-hybridized carbons (Fsp3) is 0.375. The number of hydrogen-bond acceptors (Lipinski definition) is 3. The molecule has 4 nitrogen and oxygen atoms in total. The van der Waals surface area contributed by atoms with E-state index in [9.17, 15) is 9.18 Å². The molecule has 0 fully saturated rings. The number of hydrogen-bond donors (Lipinski definition) is 1. The molecule has 5 heteroatoms. The first-order valence-corrected chi connectivity index (χ1v) is 7.06. The summed E-state index contributed by atoms with van der Waals surface area (Å²) >= 11 is 0. The minimum absolute atomic E-state index is 0.00586. The molecule has 0 aliphatic rings. The number of imidazole rings is 1. The summed E-state index contributed by atoms with van der Waals surface area (Å²) in [7, 11) is 0. The topological polar surface area (TPSA) is 55.0 Å². The van der Waals surface area contributed by atoms with Crippen LogP contribution in [0, 0.1) is 5.82 Å². The third-order valence-corrected chi connectivity index (χ3v) is 3.16. The zero-order valence-electron chi connectivity index (χ0n) is 11.8. The van der Waals surface area contributed by atoms with E-state index >= 15 is 0 Å². The van der Waals surface area contributed by atoms with Crippen molar-refractivity contribution in [2.75, 3.05) is 13.2 Å². The highest BCUT2D eigenvalue weighted by Crippen LogP contribution is 2.08. The second-order valence-corrected chi connectivity index (χ2v) is 4.85. The van der Waals surface area contributed by atoms with Gasteiger partial charge >= 0.3 is 0 Å². The molecule has 1 heterocycles. The summed E-state index contributed by atoms with van der Waals surface area (Å²) in [4.78, 5) is 18.7. The Morgan fingerprint density at radius 2 is 2.14 bits per heavy atom. The molecule has 1 N–H and O–H groups in total. The van der Waals surface area contributed by atoms with Crippen molar-refractivity contribution in [1.29, 1.82) is 0 Å². The fourth-order valence-corrected chi connectivity index (χ4v) is 2.02. The number of rotatable bonds is 9. The monoisotopic (exact) mass is 290 g/mol. The summed E-state index contributed by atoms with van der Waals surface area (Å²) in [6.07, 6.45) is 5.64. The van der Waals surface area contributed by atoms with E-state index in [-0.39, 0.29) is 18.0 Å². The van der Waals surface area contributed by atoms with Crippen LogP contribution < -0.4 is 0 Å². The van der Waals surface area contributed by atoms with Crippen molar-refractivity contribution in [3.63, 3.8) is 0 Å². The molecule has 0 saturated carbocycles. The molecule has 112 valence electrons. The lowest BCUT2D eigenvalue weighted by Crippen LogP contribution is -2.09. The molecule has 2 aromatic rings. The molecule has 0 saturated heterocycles. The number of aromatic amines is 1. The highest BCUT2D eigenvalue weighted by atomic mass is 19.1. The number of H-pyrrole nitrogens is 1. The van der Waals surface area contributed by atoms with E-state index in [4.69, 9.17) is 4.74 Å². The van der Waals surface area contributed by atoms with Gasteiger partial charge in [0.1, 0.15) is 11.6 Å². The molecule has 0 amide bonds. The molecule has 0 unspecified atom stereocenters. The molecular weight excluding hydrogens is 271 g/mol. The van der Waals surface area contributed by atoms with Crippen LogP contribution in [0.25, 0.3) is 0 Å². The van der Waals surface area contributed by atoms with Crippen molar-refractivity contribution >= 4 is 5.78 Å². The summed E-state index contributed by atoms with van der Waals surface area (Å²) in [6.45, 7) is 0.988. The van der Waals surface area contributed by atoms with Gasteiger partial charge in [-0.05, 0) is 24.5 Å². The van der Waals surface area contributed by atoms with Crippen LogP contribution in [0.15, 0.2) is 36.8 Å². The fourth-order valence-electron chi connectivity index (χ4n) is 2.02. The first-order valence-electron chi connectivity index (χ1n) is 7.06. The van der Waals surface area contributed by atoms with E-state index in [0.29, 0.717) is 25.2 Å². The van der Waals surface area contributed by atoms with Gasteiger partial charge in [0.05, 0.1) is 12.9 Å². The molecule has 0 aliphatic carbocycles. The average Bonchev–Trinajstić information content (AvgIpc) is 2.98. The lowest BCUT2D eigenvalue weighted by atomic mass is 10.1. The Balaban J connectivity index is 1.56. The van der Waals surface area contributed by atoms with Gasteiger partial charge in [0.25, 0.3) is 0 Å². The number of aryl methyl sites for hydroxylation is 1. The third-order valence-electron chi connectivity index (χ3n) is 3.16. The Hall–Kier alpha value is -2.01. The van der Waals surface area contributed by atoms with E-state index in [1.165, 1.54) is 6.07 Å². The van der Waals surface area contributed by atoms with Gasteiger partial charge in [-0.3, -0.25) is 4.79 Å². The van der Waals surface area contributed by atoms with Gasteiger partial charge in [-0.1, -0.05) is 18.2 Å². The van der Waals surface area contributed by atoms with Crippen molar-refractivity contribution in [2.24, 2.45) is 0 Å². The third kappa shape index (κ3) is 5.47. The average molecular weight is 290 g/mol. The van der Waals surface area contributed by atoms with Gasteiger partial charge in [0.15, 0.2) is 0 Å². The van der Waals surface area contributed by atoms with E-state index in [1.54, 1.807) is 30.7 Å². The molecule has 0 radical (unpaired) electrons. The standard InChI is InChI=1S/C16H19FN2O2/c17-16-6-2-1-4-13(16)10-15(20)7-9-21-8-3-5-14-11-18-12-19-14/h1-2,4,6,11-12H,3,5,7-10H2,(H,18,19). The van der Waals surface area contributed by atoms with Gasteiger partial charge in [0.2, 0.25) is 0 Å². The van der Waals surface area contributed by atoms with Crippen molar-refractivity contribution in [2.45, 2.75) is 25.7 Å². The van der Waals surface area contributed by atoms with Gasteiger partial charge in [0, 0.05) is 31.3 Å². The van der Waals surface area contributed by atoms with Crippen molar-refractivity contribution in [1.82, 2.24) is 9.97 Å². The summed E-state index contributed by atoms with van der Waals surface area (Å²) in [5.74, 6) is -0.333. The summed E-state index contributed by atoms with van der Waals surface area (Å²) < 4.78 is 18.8. The zero-order valence-corrected chi connectivity index (χ0v) is 11.8. The predicted molar refractivity (Wildman–Crippen MR) is 77.5 cm³/mol. The molecule has 21 heavy (non-hydrogen) atoms. The van der Waals surface area contributed by atoms with Crippen LogP contribution in [0.1, 0.15) is 24.1 Å². The first kappa shape index (κ1) is 15.4. The second kappa shape index (κ2) is 8.32. The van der Waals surface area contributed by atoms with Crippen LogP contribution in [0.4, 0.5) is 4.39 Å². The largest absolute Gasteiger partial charge is 0.381 e. The Bertz CT molecular complexity index is 555. The van der Waals surface area contributed by atoms with Crippen LogP contribution in [-0.2, 0) is 22.4 Å². The van der Waals surface area contributed by atoms with E-state index in [1.807, 2.05) is 0 Å². The maximum atomic E-state index is 13.4. The van der Waals surface area contributed by atoms with Gasteiger partial charge in [-0.15, -0.1) is 0 Å². The van der Waals surface area contributed by atoms with E-state index in [2.05, 4.69) is 9.97 Å². The maximum absolute atomic E-state index is 13.4. The van der Waals surface area contributed by atoms with Gasteiger partial charge in [-0.25, -0.2) is 9.37 Å². The van der Waals surface area contributed by atoms with Crippen LogP contribution in [-0.4, -0.2) is 29.0 Å². The van der Waals surface area contributed by atoms with Crippen LogP contribution in [0.3, 0.4) is 0 Å². The Morgan fingerprint density at radius 1 is 1.29 bits per heavy atom. The number of carbonyl (C=O) groups is 1. The van der Waals surface area contributed by atoms with E-state index in [0.717, 1.165) is 18.5 Å². The number of nitrogens with one attached hydrogen (secondary N) is 1. The Kier molecular flexibility index (Phi) is 6.09. The zero-order chi connectivity index (χ0) is 14.9. The second-order valence-electron chi connectivity index (χ2n) is 4.85. The smallest absolute Gasteiger partial charge is 0.139 e. The number of halogens is 1. The van der Waals surface area contributed by atoms with Crippen molar-refractivity contribution in [3.05, 3.63) is 53.9 Å². The number of ketones is 1. The van der Waals surface area contributed by atoms with Gasteiger partial charge in [-0.2, -0.15) is 0 Å². The lowest BCUT2D eigenvalue weighted by molar-refractivity contribution is -0.119. The molecule has 2 rings (SSSR count). The normalized spacial score (nSPS) is 10.7. The lowest BCUT2D eigenvalue weighted by Gasteiger charge is -2.04. The van der Waals surface area contributed by atoms with E-state index < -0.39 is 0 Å².